The molecule has 0 saturated carbocycles. The molecule has 4 nitrogen and oxygen atoms in total. The molecule has 3 heterocycles. The quantitative estimate of drug-likeness (QED) is 0.690. The first-order valence-electron chi connectivity index (χ1n) is 5.89. The van der Waals surface area contributed by atoms with Crippen LogP contribution in [0.1, 0.15) is 31.5 Å². The molecule has 0 aromatic carbocycles. The van der Waals surface area contributed by atoms with Gasteiger partial charge in [-0.2, -0.15) is 0 Å². The van der Waals surface area contributed by atoms with Gasteiger partial charge in [-0.3, -0.25) is 14.6 Å². The third-order valence-corrected chi connectivity index (χ3v) is 3.63. The van der Waals surface area contributed by atoms with Crippen LogP contribution in [-0.4, -0.2) is 16.6 Å². The second kappa shape index (κ2) is 5.22. The lowest BCUT2D eigenvalue weighted by molar-refractivity contribution is 0.0986. The maximum absolute atomic E-state index is 12.4. The molecule has 3 aromatic heterocycles. The zero-order chi connectivity index (χ0) is 13.9. The lowest BCUT2D eigenvalue weighted by Crippen LogP contribution is -2.11. The van der Waals surface area contributed by atoms with Crippen molar-refractivity contribution in [2.24, 2.45) is 0 Å². The molecular formula is C15H9NO3S. The molecule has 0 fully saturated rings. The molecule has 0 saturated heterocycles. The van der Waals surface area contributed by atoms with E-state index in [1.54, 1.807) is 36.4 Å². The van der Waals surface area contributed by atoms with E-state index in [0.29, 0.717) is 4.88 Å². The fourth-order valence-electron chi connectivity index (χ4n) is 1.83. The van der Waals surface area contributed by atoms with Crippen LogP contribution in [0, 0.1) is 0 Å². The Morgan fingerprint density at radius 1 is 1.05 bits per heavy atom. The highest BCUT2D eigenvalue weighted by atomic mass is 32.1. The van der Waals surface area contributed by atoms with Crippen molar-refractivity contribution in [1.29, 1.82) is 0 Å². The number of carbonyl (C=O) groups excluding carboxylic acids is 2. The molecule has 5 heteroatoms. The van der Waals surface area contributed by atoms with Gasteiger partial charge in [-0.1, -0.05) is 6.07 Å². The van der Waals surface area contributed by atoms with Crippen LogP contribution in [0.5, 0.6) is 0 Å². The normalized spacial score (nSPS) is 10.4. The van der Waals surface area contributed by atoms with Crippen LogP contribution >= 0.6 is 11.3 Å². The third-order valence-electron chi connectivity index (χ3n) is 2.76. The van der Waals surface area contributed by atoms with Crippen LogP contribution in [0.25, 0.3) is 0 Å². The molecule has 0 aliphatic heterocycles. The van der Waals surface area contributed by atoms with Crippen LogP contribution in [0.4, 0.5) is 0 Å². The summed E-state index contributed by atoms with van der Waals surface area (Å²) in [5.41, 5.74) is 0.400. The first-order chi connectivity index (χ1) is 9.77. The summed E-state index contributed by atoms with van der Waals surface area (Å²) in [5.74, 6) is -0.406. The second-order valence-electron chi connectivity index (χ2n) is 4.01. The Hall–Kier alpha value is -2.53. The Labute approximate surface area is 118 Å². The van der Waals surface area contributed by atoms with Gasteiger partial charge in [0, 0.05) is 6.20 Å². The number of rotatable bonds is 4. The van der Waals surface area contributed by atoms with Crippen molar-refractivity contribution in [2.45, 2.75) is 0 Å². The minimum atomic E-state index is -0.344. The molecule has 0 unspecified atom stereocenters. The predicted molar refractivity (Wildman–Crippen MR) is 74.1 cm³/mol. The van der Waals surface area contributed by atoms with E-state index in [2.05, 4.69) is 4.98 Å². The van der Waals surface area contributed by atoms with Gasteiger partial charge in [0.15, 0.2) is 5.76 Å². The third kappa shape index (κ3) is 2.19. The molecule has 0 bridgehead atoms. The molecule has 0 amide bonds. The molecule has 0 spiro atoms. The lowest BCUT2D eigenvalue weighted by Gasteiger charge is -2.04. The van der Waals surface area contributed by atoms with Crippen molar-refractivity contribution in [3.63, 3.8) is 0 Å². The average molecular weight is 283 g/mol. The van der Waals surface area contributed by atoms with Crippen molar-refractivity contribution in [1.82, 2.24) is 4.98 Å². The van der Waals surface area contributed by atoms with Crippen molar-refractivity contribution >= 4 is 22.9 Å². The number of hydrogen-bond donors (Lipinski definition) is 0. The van der Waals surface area contributed by atoms with Crippen molar-refractivity contribution in [3.05, 3.63) is 76.1 Å². The highest BCUT2D eigenvalue weighted by Gasteiger charge is 2.22. The monoisotopic (exact) mass is 283 g/mol. The molecule has 3 rings (SSSR count). The maximum atomic E-state index is 12.4. The SMILES string of the molecule is O=C(c1ccco1)c1cccnc1C(=O)c1cccs1. The summed E-state index contributed by atoms with van der Waals surface area (Å²) in [4.78, 5) is 29.3. The van der Waals surface area contributed by atoms with E-state index in [0.717, 1.165) is 0 Å². The first-order valence-corrected chi connectivity index (χ1v) is 6.77. The van der Waals surface area contributed by atoms with E-state index in [1.807, 2.05) is 5.38 Å². The summed E-state index contributed by atoms with van der Waals surface area (Å²) in [6.45, 7) is 0. The Morgan fingerprint density at radius 2 is 1.95 bits per heavy atom. The number of nitrogens with zero attached hydrogens (tertiary/aromatic N) is 1. The average Bonchev–Trinajstić information content (AvgIpc) is 3.18. The van der Waals surface area contributed by atoms with Crippen molar-refractivity contribution < 1.29 is 14.0 Å². The summed E-state index contributed by atoms with van der Waals surface area (Å²) in [5, 5.41) is 1.81. The van der Waals surface area contributed by atoms with E-state index in [1.165, 1.54) is 23.8 Å². The van der Waals surface area contributed by atoms with E-state index in [-0.39, 0.29) is 28.6 Å². The predicted octanol–water partition coefficient (Wildman–Crippen LogP) is 3.20. The van der Waals surface area contributed by atoms with Crippen molar-refractivity contribution in [2.75, 3.05) is 0 Å². The van der Waals surface area contributed by atoms with Gasteiger partial charge in [-0.25, -0.2) is 0 Å². The standard InChI is InChI=1S/C15H9NO3S/c17-14(11-5-2-8-19-11)10-4-1-7-16-13(10)15(18)12-6-3-9-20-12/h1-9H. The molecule has 0 N–H and O–H groups in total. The van der Waals surface area contributed by atoms with Gasteiger partial charge in [0.1, 0.15) is 5.69 Å². The van der Waals surface area contributed by atoms with E-state index >= 15 is 0 Å². The molecule has 20 heavy (non-hydrogen) atoms. The van der Waals surface area contributed by atoms with Gasteiger partial charge < -0.3 is 4.42 Å². The molecule has 0 aliphatic rings. The lowest BCUT2D eigenvalue weighted by atomic mass is 10.0. The van der Waals surface area contributed by atoms with Gasteiger partial charge in [-0.15, -0.1) is 11.3 Å². The first kappa shape index (κ1) is 12.5. The number of thiophene rings is 1. The fourth-order valence-corrected chi connectivity index (χ4v) is 2.50. The van der Waals surface area contributed by atoms with Crippen LogP contribution in [0.15, 0.2) is 58.7 Å². The molecule has 0 radical (unpaired) electrons. The zero-order valence-electron chi connectivity index (χ0n) is 10.3. The Morgan fingerprint density at radius 3 is 2.65 bits per heavy atom. The fraction of sp³-hybridized carbons (Fsp3) is 0. The summed E-state index contributed by atoms with van der Waals surface area (Å²) < 4.78 is 5.09. The topological polar surface area (TPSA) is 60.2 Å². The largest absolute Gasteiger partial charge is 0.461 e. The van der Waals surface area contributed by atoms with Gasteiger partial charge >= 0.3 is 0 Å². The smallest absolute Gasteiger partial charge is 0.230 e. The number of ketones is 2. The molecule has 3 aromatic rings. The maximum Gasteiger partial charge on any atom is 0.230 e. The summed E-state index contributed by atoms with van der Waals surface area (Å²) in [7, 11) is 0. The van der Waals surface area contributed by atoms with E-state index < -0.39 is 0 Å². The van der Waals surface area contributed by atoms with E-state index in [9.17, 15) is 9.59 Å². The highest BCUT2D eigenvalue weighted by molar-refractivity contribution is 7.12. The van der Waals surface area contributed by atoms with Gasteiger partial charge in [0.05, 0.1) is 16.7 Å². The Balaban J connectivity index is 2.05. The second-order valence-corrected chi connectivity index (χ2v) is 4.96. The van der Waals surface area contributed by atoms with Gasteiger partial charge in [-0.05, 0) is 35.7 Å². The minimum Gasteiger partial charge on any atom is -0.461 e. The van der Waals surface area contributed by atoms with Crippen molar-refractivity contribution in [3.8, 4) is 0 Å². The number of pyridine rings is 1. The van der Waals surface area contributed by atoms with E-state index in [4.69, 9.17) is 4.42 Å². The summed E-state index contributed by atoms with van der Waals surface area (Å²) in [6.07, 6.45) is 2.92. The molecule has 98 valence electrons. The number of hydrogen-bond acceptors (Lipinski definition) is 5. The van der Waals surface area contributed by atoms with Gasteiger partial charge in [0.2, 0.25) is 11.6 Å². The number of furan rings is 1. The van der Waals surface area contributed by atoms with Crippen LogP contribution in [0.2, 0.25) is 0 Å². The Bertz CT molecular complexity index is 680. The Kier molecular flexibility index (Phi) is 3.26. The number of aromatic nitrogens is 1. The van der Waals surface area contributed by atoms with Crippen LogP contribution < -0.4 is 0 Å². The highest BCUT2D eigenvalue weighted by Crippen LogP contribution is 2.19. The molecular weight excluding hydrogens is 274 g/mol. The van der Waals surface area contributed by atoms with Crippen LogP contribution in [0.3, 0.4) is 0 Å². The number of carbonyl (C=O) groups is 2. The summed E-state index contributed by atoms with van der Waals surface area (Å²) >= 11 is 1.32. The molecule has 0 aliphatic carbocycles. The van der Waals surface area contributed by atoms with Crippen LogP contribution in [-0.2, 0) is 0 Å². The molecule has 0 atom stereocenters. The zero-order valence-corrected chi connectivity index (χ0v) is 11.1. The van der Waals surface area contributed by atoms with Gasteiger partial charge in [0.25, 0.3) is 0 Å². The minimum absolute atomic E-state index is 0.149. The summed E-state index contributed by atoms with van der Waals surface area (Å²) in [6, 6.07) is 9.90.